The zero-order chi connectivity index (χ0) is 14.0. The summed E-state index contributed by atoms with van der Waals surface area (Å²) in [6, 6.07) is 4.46. The first-order valence-corrected chi connectivity index (χ1v) is 6.12. The minimum Gasteiger partial charge on any atom is -0.506 e. The molecule has 1 aliphatic heterocycles. The summed E-state index contributed by atoms with van der Waals surface area (Å²) in [6.07, 6.45) is 0.742. The molecule has 102 valence electrons. The number of carbonyl (C=O) groups is 2. The number of hydrogen-bond acceptors (Lipinski definition) is 4. The van der Waals surface area contributed by atoms with Crippen LogP contribution >= 0.6 is 0 Å². The van der Waals surface area contributed by atoms with Crippen LogP contribution < -0.4 is 11.1 Å². The smallest absolute Gasteiger partial charge is 0.254 e. The van der Waals surface area contributed by atoms with E-state index in [9.17, 15) is 14.7 Å². The van der Waals surface area contributed by atoms with Crippen LogP contribution in [0, 0.1) is 0 Å². The number of amides is 2. The summed E-state index contributed by atoms with van der Waals surface area (Å²) in [5, 5.41) is 12.3. The molecule has 6 nitrogen and oxygen atoms in total. The van der Waals surface area contributed by atoms with Crippen LogP contribution in [0.4, 0.5) is 5.69 Å². The Morgan fingerprint density at radius 3 is 2.84 bits per heavy atom. The molecule has 2 rings (SSSR count). The number of nitrogen functional groups attached to an aromatic ring is 1. The molecule has 1 fully saturated rings. The largest absolute Gasteiger partial charge is 0.506 e. The summed E-state index contributed by atoms with van der Waals surface area (Å²) in [5.74, 6) is -0.351. The molecule has 1 heterocycles. The number of phenolic OH excluding ortho intramolecular Hbond substituents is 1. The van der Waals surface area contributed by atoms with Gasteiger partial charge in [-0.15, -0.1) is 0 Å². The van der Waals surface area contributed by atoms with Crippen molar-refractivity contribution in [2.75, 3.05) is 18.8 Å². The third-order valence-electron chi connectivity index (χ3n) is 3.16. The summed E-state index contributed by atoms with van der Waals surface area (Å²) in [4.78, 5) is 24.8. The Bertz CT molecular complexity index is 516. The second-order valence-electron chi connectivity index (χ2n) is 4.71. The van der Waals surface area contributed by atoms with Crippen LogP contribution in [-0.2, 0) is 4.79 Å². The molecule has 1 aliphatic rings. The van der Waals surface area contributed by atoms with Gasteiger partial charge in [0.25, 0.3) is 5.91 Å². The monoisotopic (exact) mass is 263 g/mol. The first kappa shape index (κ1) is 13.2. The van der Waals surface area contributed by atoms with E-state index in [-0.39, 0.29) is 29.3 Å². The summed E-state index contributed by atoms with van der Waals surface area (Å²) >= 11 is 0. The maximum atomic E-state index is 12.2. The molecule has 0 bridgehead atoms. The Labute approximate surface area is 111 Å². The lowest BCUT2D eigenvalue weighted by Crippen LogP contribution is -2.37. The second kappa shape index (κ2) is 5.17. The van der Waals surface area contributed by atoms with E-state index in [0.29, 0.717) is 18.7 Å². The van der Waals surface area contributed by atoms with Crippen molar-refractivity contribution in [3.05, 3.63) is 23.8 Å². The first-order chi connectivity index (χ1) is 8.97. The Balaban J connectivity index is 2.04. The molecule has 1 aromatic rings. The number of phenols is 1. The minimum atomic E-state index is -0.164. The first-order valence-electron chi connectivity index (χ1n) is 6.12. The van der Waals surface area contributed by atoms with Gasteiger partial charge in [0.15, 0.2) is 0 Å². The molecule has 0 radical (unpaired) electrons. The molecular formula is C13H17N3O3. The standard InChI is InChI=1S/C13H17N3O3/c1-8(17)15-10-4-5-16(7-10)13(19)9-2-3-11(14)12(18)6-9/h2-3,6,10,18H,4-5,7,14H2,1H3,(H,15,17). The van der Waals surface area contributed by atoms with Crippen molar-refractivity contribution in [3.63, 3.8) is 0 Å². The number of benzene rings is 1. The summed E-state index contributed by atoms with van der Waals surface area (Å²) in [7, 11) is 0. The third-order valence-corrected chi connectivity index (χ3v) is 3.16. The number of aromatic hydroxyl groups is 1. The van der Waals surface area contributed by atoms with Gasteiger partial charge in [0.1, 0.15) is 5.75 Å². The van der Waals surface area contributed by atoms with Gasteiger partial charge < -0.3 is 21.1 Å². The third kappa shape index (κ3) is 2.96. The van der Waals surface area contributed by atoms with Gasteiger partial charge in [-0.3, -0.25) is 9.59 Å². The normalized spacial score (nSPS) is 18.4. The molecule has 1 aromatic carbocycles. The fourth-order valence-electron chi connectivity index (χ4n) is 2.21. The lowest BCUT2D eigenvalue weighted by atomic mass is 10.1. The molecule has 2 amide bonds. The second-order valence-corrected chi connectivity index (χ2v) is 4.71. The van der Waals surface area contributed by atoms with Crippen LogP contribution in [0.25, 0.3) is 0 Å². The van der Waals surface area contributed by atoms with Crippen molar-refractivity contribution in [1.82, 2.24) is 10.2 Å². The molecule has 1 unspecified atom stereocenters. The van der Waals surface area contributed by atoms with E-state index in [1.54, 1.807) is 11.0 Å². The van der Waals surface area contributed by atoms with Crippen molar-refractivity contribution in [3.8, 4) is 5.75 Å². The van der Waals surface area contributed by atoms with Gasteiger partial charge in [0.2, 0.25) is 5.91 Å². The van der Waals surface area contributed by atoms with E-state index < -0.39 is 0 Å². The van der Waals surface area contributed by atoms with Crippen LogP contribution in [0.5, 0.6) is 5.75 Å². The maximum absolute atomic E-state index is 12.2. The van der Waals surface area contributed by atoms with Gasteiger partial charge in [0.05, 0.1) is 5.69 Å². The minimum absolute atomic E-state index is 0.00355. The fraction of sp³-hybridized carbons (Fsp3) is 0.385. The molecule has 0 aromatic heterocycles. The van der Waals surface area contributed by atoms with Crippen LogP contribution in [0.1, 0.15) is 23.7 Å². The topological polar surface area (TPSA) is 95.7 Å². The molecule has 1 saturated heterocycles. The van der Waals surface area contributed by atoms with E-state index in [2.05, 4.69) is 5.32 Å². The highest BCUT2D eigenvalue weighted by atomic mass is 16.3. The zero-order valence-corrected chi connectivity index (χ0v) is 10.7. The van der Waals surface area contributed by atoms with Gasteiger partial charge >= 0.3 is 0 Å². The van der Waals surface area contributed by atoms with E-state index in [1.165, 1.54) is 19.1 Å². The molecule has 0 saturated carbocycles. The Kier molecular flexibility index (Phi) is 3.59. The van der Waals surface area contributed by atoms with Gasteiger partial charge in [-0.25, -0.2) is 0 Å². The zero-order valence-electron chi connectivity index (χ0n) is 10.7. The number of hydrogen-bond donors (Lipinski definition) is 3. The van der Waals surface area contributed by atoms with Crippen molar-refractivity contribution >= 4 is 17.5 Å². The molecule has 6 heteroatoms. The van der Waals surface area contributed by atoms with Gasteiger partial charge in [-0.05, 0) is 24.6 Å². The average Bonchev–Trinajstić information content (AvgIpc) is 2.79. The predicted octanol–water partition coefficient (Wildman–Crippen LogP) is 0.325. The van der Waals surface area contributed by atoms with Crippen molar-refractivity contribution < 1.29 is 14.7 Å². The van der Waals surface area contributed by atoms with E-state index >= 15 is 0 Å². The van der Waals surface area contributed by atoms with Gasteiger partial charge in [-0.2, -0.15) is 0 Å². The SMILES string of the molecule is CC(=O)NC1CCN(C(=O)c2ccc(N)c(O)c2)C1. The van der Waals surface area contributed by atoms with Crippen molar-refractivity contribution in [2.45, 2.75) is 19.4 Å². The molecule has 19 heavy (non-hydrogen) atoms. The number of nitrogens with two attached hydrogens (primary N) is 1. The fourth-order valence-corrected chi connectivity index (χ4v) is 2.21. The van der Waals surface area contributed by atoms with E-state index in [4.69, 9.17) is 5.73 Å². The number of likely N-dealkylation sites (tertiary alicyclic amines) is 1. The number of rotatable bonds is 2. The highest BCUT2D eigenvalue weighted by Crippen LogP contribution is 2.22. The number of nitrogens with zero attached hydrogens (tertiary/aromatic N) is 1. The van der Waals surface area contributed by atoms with Crippen molar-refractivity contribution in [1.29, 1.82) is 0 Å². The number of anilines is 1. The van der Waals surface area contributed by atoms with E-state index in [1.807, 2.05) is 0 Å². The van der Waals surface area contributed by atoms with Crippen LogP contribution in [0.2, 0.25) is 0 Å². The number of nitrogens with one attached hydrogen (secondary N) is 1. The van der Waals surface area contributed by atoms with Crippen molar-refractivity contribution in [2.24, 2.45) is 0 Å². The van der Waals surface area contributed by atoms with Crippen LogP contribution in [0.15, 0.2) is 18.2 Å². The maximum Gasteiger partial charge on any atom is 0.254 e. The average molecular weight is 263 g/mol. The summed E-state index contributed by atoms with van der Waals surface area (Å²) in [6.45, 7) is 2.54. The number of carbonyl (C=O) groups excluding carboxylic acids is 2. The Morgan fingerprint density at radius 2 is 2.21 bits per heavy atom. The Morgan fingerprint density at radius 1 is 1.47 bits per heavy atom. The molecule has 0 aliphatic carbocycles. The van der Waals surface area contributed by atoms with E-state index in [0.717, 1.165) is 6.42 Å². The highest BCUT2D eigenvalue weighted by Gasteiger charge is 2.27. The molecule has 1 atom stereocenters. The lowest BCUT2D eigenvalue weighted by Gasteiger charge is -2.17. The molecule has 4 N–H and O–H groups in total. The highest BCUT2D eigenvalue weighted by molar-refractivity contribution is 5.95. The quantitative estimate of drug-likeness (QED) is 0.529. The lowest BCUT2D eigenvalue weighted by molar-refractivity contribution is -0.119. The molecular weight excluding hydrogens is 246 g/mol. The predicted molar refractivity (Wildman–Crippen MR) is 70.6 cm³/mol. The Hall–Kier alpha value is -2.24. The van der Waals surface area contributed by atoms with Crippen LogP contribution in [0.3, 0.4) is 0 Å². The van der Waals surface area contributed by atoms with Gasteiger partial charge in [-0.1, -0.05) is 0 Å². The summed E-state index contributed by atoms with van der Waals surface area (Å²) < 4.78 is 0. The summed E-state index contributed by atoms with van der Waals surface area (Å²) in [5.41, 5.74) is 6.14. The van der Waals surface area contributed by atoms with Gasteiger partial charge in [0, 0.05) is 31.6 Å². The molecule has 0 spiro atoms. The van der Waals surface area contributed by atoms with Crippen LogP contribution in [-0.4, -0.2) is 41.0 Å².